The van der Waals surface area contributed by atoms with Crippen LogP contribution >= 0.6 is 0 Å². The first-order valence-electron chi connectivity index (χ1n) is 18.8. The standard InChI is InChI=1S/C22H22F6O8.C19H17F9O6.3FH/c1-5-14(29)33-18(12-23)9-19(13-24,34-15(30)6-2)22(27,28)21(26,36-17(32)8-4)11-20(25,10-18)35-16(31)7-3;1-4-11(29)32-15(23)7-14(22,9-20)18(25,26)16(10-21,33-12(30)5-2)19(27,28)17(24,8-15)34-13(31)6-3;;;/h5-8H,1-4,9-13H2;4-6H,1-3,7-10H2;3*1H. The van der Waals surface area contributed by atoms with Crippen molar-refractivity contribution in [2.75, 3.05) is 26.7 Å². The number of halogens is 18. The third-order valence-corrected chi connectivity index (χ3v) is 9.81. The van der Waals surface area contributed by atoms with Gasteiger partial charge in [-0.1, -0.05) is 46.1 Å². The molecular weight excluding hydrogens is 1060 g/mol. The highest BCUT2D eigenvalue weighted by molar-refractivity contribution is 5.84. The van der Waals surface area contributed by atoms with E-state index in [1.54, 1.807) is 0 Å². The number of esters is 7. The maximum absolute atomic E-state index is 15.9. The van der Waals surface area contributed by atoms with E-state index in [0.29, 0.717) is 12.2 Å². The molecule has 2 fully saturated rings. The van der Waals surface area contributed by atoms with Crippen molar-refractivity contribution in [3.63, 3.8) is 0 Å². The van der Waals surface area contributed by atoms with Gasteiger partial charge < -0.3 is 33.2 Å². The summed E-state index contributed by atoms with van der Waals surface area (Å²) < 4.78 is 256. The van der Waals surface area contributed by atoms with Gasteiger partial charge in [0, 0.05) is 49.0 Å². The Balaban J connectivity index is -0.00000129. The van der Waals surface area contributed by atoms with E-state index in [4.69, 9.17) is 4.74 Å². The molecule has 0 heterocycles. The maximum Gasteiger partial charge on any atom is 0.364 e. The van der Waals surface area contributed by atoms with Crippen molar-refractivity contribution in [1.82, 2.24) is 0 Å². The first kappa shape index (κ1) is 70.5. The van der Waals surface area contributed by atoms with Crippen LogP contribution in [0.25, 0.3) is 0 Å². The van der Waals surface area contributed by atoms with Gasteiger partial charge in [0.25, 0.3) is 17.3 Å². The van der Waals surface area contributed by atoms with Crippen LogP contribution in [-0.2, 0) is 66.7 Å². The number of hydrogen-bond donors (Lipinski definition) is 0. The zero-order valence-electron chi connectivity index (χ0n) is 37.0. The van der Waals surface area contributed by atoms with E-state index >= 15 is 48.3 Å². The largest absolute Gasteiger partial charge is 0.453 e. The minimum Gasteiger partial charge on any atom is -0.453 e. The SMILES string of the molecule is C=CC(=O)OC1(F)CC(CF)(OC(=O)C=C)CC(CF)(OC(=O)C=C)C(F)(F)C(F)(OC(=O)C=C)C1.C=CC(=O)OC1(F)CC(F)(CF)C(F)(F)C(CF)(OC(=O)C=C)C(F)(F)C(F)(OC(=O)C=C)C1.F.F.F. The molecule has 0 bridgehead atoms. The molecule has 0 amide bonds. The van der Waals surface area contributed by atoms with Gasteiger partial charge in [-0.25, -0.2) is 55.5 Å². The smallest absolute Gasteiger partial charge is 0.364 e. The molecule has 14 nitrogen and oxygen atoms in total. The summed E-state index contributed by atoms with van der Waals surface area (Å²) in [5, 5.41) is 0. The summed E-state index contributed by atoms with van der Waals surface area (Å²) in [6, 6.07) is 0. The fourth-order valence-electron chi connectivity index (χ4n) is 6.73. The lowest BCUT2D eigenvalue weighted by molar-refractivity contribution is -0.410. The quantitative estimate of drug-likeness (QED) is 0.0559. The summed E-state index contributed by atoms with van der Waals surface area (Å²) in [4.78, 5) is 81.5. The average Bonchev–Trinajstić information content (AvgIpc) is 3.28. The molecule has 2 rings (SSSR count). The van der Waals surface area contributed by atoms with Crippen LogP contribution in [-0.4, -0.2) is 132 Å². The summed E-state index contributed by atoms with van der Waals surface area (Å²) in [6.07, 6.45) is -10.4. The number of rotatable bonds is 18. The van der Waals surface area contributed by atoms with E-state index in [9.17, 15) is 51.1 Å². The van der Waals surface area contributed by atoms with Crippen LogP contribution in [0.15, 0.2) is 88.6 Å². The fraction of sp³-hybridized carbons (Fsp3) is 0.488. The molecule has 0 saturated heterocycles. The summed E-state index contributed by atoms with van der Waals surface area (Å²) in [5.41, 5.74) is -18.0. The molecule has 2 aliphatic rings. The highest BCUT2D eigenvalue weighted by atomic mass is 19.3. The van der Waals surface area contributed by atoms with Gasteiger partial charge in [-0.3, -0.25) is 14.1 Å². The normalized spacial score (nSPS) is 31.5. The van der Waals surface area contributed by atoms with Gasteiger partial charge in [-0.05, 0) is 0 Å². The summed E-state index contributed by atoms with van der Waals surface area (Å²) >= 11 is 0. The van der Waals surface area contributed by atoms with E-state index < -0.39 is 164 Å². The van der Waals surface area contributed by atoms with Crippen LogP contribution in [0.3, 0.4) is 0 Å². The van der Waals surface area contributed by atoms with Crippen molar-refractivity contribution in [2.24, 2.45) is 0 Å². The molecule has 73 heavy (non-hydrogen) atoms. The summed E-state index contributed by atoms with van der Waals surface area (Å²) in [7, 11) is 0. The van der Waals surface area contributed by atoms with Gasteiger partial charge in [0.2, 0.25) is 11.3 Å². The summed E-state index contributed by atoms with van der Waals surface area (Å²) in [6.45, 7) is 9.03. The minimum atomic E-state index is -6.37. The molecule has 2 aliphatic carbocycles. The second-order valence-electron chi connectivity index (χ2n) is 14.7. The van der Waals surface area contributed by atoms with Gasteiger partial charge in [0.15, 0.2) is 5.60 Å². The zero-order valence-corrected chi connectivity index (χ0v) is 37.0. The number of carbonyl (C=O) groups is 7. The lowest BCUT2D eigenvalue weighted by atomic mass is 9.70. The van der Waals surface area contributed by atoms with Crippen molar-refractivity contribution < 1.29 is 147 Å². The Morgan fingerprint density at radius 1 is 0.356 bits per heavy atom. The lowest BCUT2D eigenvalue weighted by Gasteiger charge is -2.52. The van der Waals surface area contributed by atoms with Crippen LogP contribution in [0, 0.1) is 0 Å². The second-order valence-corrected chi connectivity index (χ2v) is 14.7. The highest BCUT2D eigenvalue weighted by Gasteiger charge is 2.88. The van der Waals surface area contributed by atoms with Crippen molar-refractivity contribution in [3.05, 3.63) is 88.6 Å². The van der Waals surface area contributed by atoms with E-state index in [1.807, 2.05) is 0 Å². The Morgan fingerprint density at radius 3 is 1.03 bits per heavy atom. The molecule has 8 atom stereocenters. The number of alkyl halides is 15. The number of hydrogen-bond acceptors (Lipinski definition) is 14. The predicted octanol–water partition coefficient (Wildman–Crippen LogP) is 7.88. The molecule has 32 heteroatoms. The molecule has 0 aromatic heterocycles. The first-order chi connectivity index (χ1) is 32.0. The van der Waals surface area contributed by atoms with Gasteiger partial charge in [-0.15, -0.1) is 0 Å². The Kier molecular flexibility index (Phi) is 24.4. The van der Waals surface area contributed by atoms with Crippen molar-refractivity contribution in [2.45, 2.75) is 95.8 Å². The van der Waals surface area contributed by atoms with Gasteiger partial charge >= 0.3 is 71.3 Å². The highest BCUT2D eigenvalue weighted by Crippen LogP contribution is 2.62. The predicted molar refractivity (Wildman–Crippen MR) is 211 cm³/mol. The van der Waals surface area contributed by atoms with E-state index in [-0.39, 0.29) is 44.5 Å². The molecule has 0 spiro atoms. The van der Waals surface area contributed by atoms with E-state index in [1.165, 1.54) is 0 Å². The van der Waals surface area contributed by atoms with Crippen molar-refractivity contribution in [3.8, 4) is 0 Å². The van der Waals surface area contributed by atoms with Crippen LogP contribution in [0.1, 0.15) is 32.1 Å². The average molecular weight is 1100 g/mol. The van der Waals surface area contributed by atoms with E-state index in [2.05, 4.69) is 74.5 Å². The summed E-state index contributed by atoms with van der Waals surface area (Å²) in [5.74, 6) is -50.4. The van der Waals surface area contributed by atoms with Crippen LogP contribution < -0.4 is 0 Å². The Hall–Kier alpha value is -6.79. The van der Waals surface area contributed by atoms with Gasteiger partial charge in [0.05, 0.1) is 25.7 Å². The van der Waals surface area contributed by atoms with Gasteiger partial charge in [0.1, 0.15) is 26.7 Å². The van der Waals surface area contributed by atoms with Crippen molar-refractivity contribution >= 4 is 41.8 Å². The molecule has 416 valence electrons. The molecule has 0 radical (unpaired) electrons. The topological polar surface area (TPSA) is 184 Å². The lowest BCUT2D eigenvalue weighted by Crippen LogP contribution is -2.79. The Morgan fingerprint density at radius 2 is 0.685 bits per heavy atom. The monoisotopic (exact) mass is 1100 g/mol. The van der Waals surface area contributed by atoms with Crippen LogP contribution in [0.4, 0.5) is 80.0 Å². The maximum atomic E-state index is 15.9. The first-order valence-corrected chi connectivity index (χ1v) is 18.8. The third-order valence-electron chi connectivity index (χ3n) is 9.81. The Labute approximate surface area is 399 Å². The van der Waals surface area contributed by atoms with Crippen molar-refractivity contribution in [1.29, 1.82) is 0 Å². The van der Waals surface area contributed by atoms with E-state index in [0.717, 1.165) is 0 Å². The minimum absolute atomic E-state index is 0. The van der Waals surface area contributed by atoms with Crippen LogP contribution in [0.2, 0.25) is 0 Å². The molecule has 8 unspecified atom stereocenters. The van der Waals surface area contributed by atoms with Crippen LogP contribution in [0.5, 0.6) is 0 Å². The van der Waals surface area contributed by atoms with Gasteiger partial charge in [-0.2, -0.15) is 43.9 Å². The molecule has 0 aliphatic heterocycles. The zero-order chi connectivity index (χ0) is 54.8. The second kappa shape index (κ2) is 25.2. The number of carbonyl (C=O) groups excluding carboxylic acids is 7. The molecule has 0 aromatic rings. The number of ether oxygens (including phenoxy) is 7. The molecule has 0 N–H and O–H groups in total. The Bertz CT molecular complexity index is 2130. The third kappa shape index (κ3) is 13.6. The molecule has 0 aromatic carbocycles. The molecular formula is C41H42F18O14. The molecule has 2 saturated carbocycles. The fourth-order valence-corrected chi connectivity index (χ4v) is 6.73.